The number of hydrogen-bond acceptors (Lipinski definition) is 5. The molecular formula is C23H28ClN3O4S. The summed E-state index contributed by atoms with van der Waals surface area (Å²) in [5.74, 6) is 0.347. The molecule has 0 spiro atoms. The summed E-state index contributed by atoms with van der Waals surface area (Å²) in [6.07, 6.45) is 0.797. The van der Waals surface area contributed by atoms with Crippen LogP contribution in [0.5, 0.6) is 0 Å². The first-order valence-corrected chi connectivity index (χ1v) is 11.9. The minimum atomic E-state index is -0.643. The number of amides is 2. The van der Waals surface area contributed by atoms with Gasteiger partial charge in [0.25, 0.3) is 5.69 Å². The van der Waals surface area contributed by atoms with Gasteiger partial charge in [-0.05, 0) is 43.5 Å². The van der Waals surface area contributed by atoms with Gasteiger partial charge in [0.1, 0.15) is 6.04 Å². The second-order valence-electron chi connectivity index (χ2n) is 7.56. The molecule has 172 valence electrons. The highest BCUT2D eigenvalue weighted by Gasteiger charge is 2.26. The molecule has 0 bridgehead atoms. The average molecular weight is 478 g/mol. The highest BCUT2D eigenvalue weighted by molar-refractivity contribution is 7.99. The van der Waals surface area contributed by atoms with Gasteiger partial charge in [-0.25, -0.2) is 0 Å². The maximum absolute atomic E-state index is 13.1. The molecule has 0 unspecified atom stereocenters. The molecule has 32 heavy (non-hydrogen) atoms. The van der Waals surface area contributed by atoms with Crippen LogP contribution in [0, 0.1) is 10.1 Å². The van der Waals surface area contributed by atoms with Gasteiger partial charge in [0.15, 0.2) is 0 Å². The Morgan fingerprint density at radius 2 is 1.84 bits per heavy atom. The van der Waals surface area contributed by atoms with Crippen LogP contribution in [0.1, 0.15) is 38.3 Å². The van der Waals surface area contributed by atoms with Crippen LogP contribution in [-0.2, 0) is 21.9 Å². The molecule has 0 aromatic heterocycles. The van der Waals surface area contributed by atoms with E-state index in [0.29, 0.717) is 10.8 Å². The lowest BCUT2D eigenvalue weighted by Gasteiger charge is -2.29. The van der Waals surface area contributed by atoms with E-state index in [2.05, 4.69) is 5.32 Å². The zero-order valence-electron chi connectivity index (χ0n) is 18.4. The Labute approximate surface area is 197 Å². The smallest absolute Gasteiger partial charge is 0.269 e. The first-order chi connectivity index (χ1) is 15.2. The summed E-state index contributed by atoms with van der Waals surface area (Å²) in [5, 5.41) is 14.3. The van der Waals surface area contributed by atoms with E-state index in [1.54, 1.807) is 36.1 Å². The minimum absolute atomic E-state index is 0.0181. The molecule has 0 aliphatic rings. The number of nitro benzene ring substituents is 1. The minimum Gasteiger partial charge on any atom is -0.352 e. The van der Waals surface area contributed by atoms with Crippen LogP contribution in [-0.4, -0.2) is 39.5 Å². The maximum Gasteiger partial charge on any atom is 0.269 e. The molecular weight excluding hydrogens is 450 g/mol. The van der Waals surface area contributed by atoms with Crippen LogP contribution in [0.2, 0.25) is 5.02 Å². The molecule has 0 radical (unpaired) electrons. The highest BCUT2D eigenvalue weighted by Crippen LogP contribution is 2.19. The fraction of sp³-hybridized carbons (Fsp3) is 0.391. The van der Waals surface area contributed by atoms with Crippen molar-refractivity contribution in [2.24, 2.45) is 0 Å². The van der Waals surface area contributed by atoms with E-state index < -0.39 is 11.0 Å². The zero-order valence-corrected chi connectivity index (χ0v) is 20.0. The van der Waals surface area contributed by atoms with Gasteiger partial charge in [-0.15, -0.1) is 11.8 Å². The number of nitrogens with zero attached hydrogens (tertiary/aromatic N) is 2. The van der Waals surface area contributed by atoms with Crippen molar-refractivity contribution >= 4 is 40.9 Å². The summed E-state index contributed by atoms with van der Waals surface area (Å²) in [5.41, 5.74) is 1.76. The molecule has 2 amide bonds. The summed E-state index contributed by atoms with van der Waals surface area (Å²) in [4.78, 5) is 37.7. The molecule has 2 atom stereocenters. The summed E-state index contributed by atoms with van der Waals surface area (Å²) in [7, 11) is 0. The second-order valence-corrected chi connectivity index (χ2v) is 8.98. The number of carbonyl (C=O) groups excluding carboxylic acids is 2. The van der Waals surface area contributed by atoms with Crippen molar-refractivity contribution in [3.8, 4) is 0 Å². The maximum atomic E-state index is 13.1. The Kier molecular flexibility index (Phi) is 9.99. The Bertz CT molecular complexity index is 939. The fourth-order valence-electron chi connectivity index (χ4n) is 2.93. The van der Waals surface area contributed by atoms with Crippen LogP contribution in [0.15, 0.2) is 48.5 Å². The zero-order chi connectivity index (χ0) is 23.7. The summed E-state index contributed by atoms with van der Waals surface area (Å²) >= 11 is 7.49. The number of thioether (sulfide) groups is 1. The predicted molar refractivity (Wildman–Crippen MR) is 129 cm³/mol. The number of benzene rings is 2. The number of carbonyl (C=O) groups is 2. The van der Waals surface area contributed by atoms with E-state index in [-0.39, 0.29) is 35.8 Å². The van der Waals surface area contributed by atoms with Crippen molar-refractivity contribution < 1.29 is 14.5 Å². The molecule has 9 heteroatoms. The van der Waals surface area contributed by atoms with Crippen LogP contribution in [0.3, 0.4) is 0 Å². The number of nitrogens with one attached hydrogen (secondary N) is 1. The monoisotopic (exact) mass is 477 g/mol. The average Bonchev–Trinajstić information content (AvgIpc) is 2.77. The Morgan fingerprint density at radius 3 is 2.44 bits per heavy atom. The summed E-state index contributed by atoms with van der Waals surface area (Å²) < 4.78 is 0. The fourth-order valence-corrected chi connectivity index (χ4v) is 4.02. The van der Waals surface area contributed by atoms with Gasteiger partial charge in [-0.3, -0.25) is 19.7 Å². The molecule has 2 aromatic rings. The van der Waals surface area contributed by atoms with Crippen molar-refractivity contribution in [2.45, 2.75) is 51.6 Å². The quantitative estimate of drug-likeness (QED) is 0.370. The van der Waals surface area contributed by atoms with E-state index in [9.17, 15) is 19.7 Å². The third-order valence-corrected chi connectivity index (χ3v) is 6.28. The van der Waals surface area contributed by atoms with Crippen molar-refractivity contribution in [1.82, 2.24) is 10.2 Å². The largest absolute Gasteiger partial charge is 0.352 e. The molecule has 0 saturated heterocycles. The number of nitro groups is 1. The van der Waals surface area contributed by atoms with E-state index in [1.165, 1.54) is 23.9 Å². The topological polar surface area (TPSA) is 92.6 Å². The molecule has 0 aliphatic carbocycles. The lowest BCUT2D eigenvalue weighted by molar-refractivity contribution is -0.384. The number of rotatable bonds is 11. The van der Waals surface area contributed by atoms with Crippen LogP contribution < -0.4 is 5.32 Å². The lowest BCUT2D eigenvalue weighted by atomic mass is 10.1. The molecule has 0 fully saturated rings. The highest BCUT2D eigenvalue weighted by atomic mass is 35.5. The SMILES string of the molecule is CC[C@@H](C)NC(=O)[C@@H](C)N(Cc1cccc(Cl)c1)C(=O)CSCc1ccc([N+](=O)[O-])cc1. The van der Waals surface area contributed by atoms with Gasteiger partial charge >= 0.3 is 0 Å². The van der Waals surface area contributed by atoms with Crippen molar-refractivity contribution in [2.75, 3.05) is 5.75 Å². The van der Waals surface area contributed by atoms with Gasteiger partial charge in [-0.2, -0.15) is 0 Å². The first-order valence-electron chi connectivity index (χ1n) is 10.4. The van der Waals surface area contributed by atoms with E-state index in [0.717, 1.165) is 17.5 Å². The third kappa shape index (κ3) is 7.84. The number of non-ortho nitro benzene ring substituents is 1. The second kappa shape index (κ2) is 12.5. The van der Waals surface area contributed by atoms with Crippen molar-refractivity contribution in [1.29, 1.82) is 0 Å². The molecule has 0 saturated carbocycles. The predicted octanol–water partition coefficient (Wildman–Crippen LogP) is 4.81. The number of hydrogen-bond donors (Lipinski definition) is 1. The van der Waals surface area contributed by atoms with Crippen molar-refractivity contribution in [3.63, 3.8) is 0 Å². The lowest BCUT2D eigenvalue weighted by Crippen LogP contribution is -2.50. The van der Waals surface area contributed by atoms with Gasteiger partial charge in [-0.1, -0.05) is 42.8 Å². The summed E-state index contributed by atoms with van der Waals surface area (Å²) in [6, 6.07) is 12.9. The molecule has 0 aliphatic heterocycles. The van der Waals surface area contributed by atoms with Crippen LogP contribution in [0.25, 0.3) is 0 Å². The van der Waals surface area contributed by atoms with Gasteiger partial charge in [0.2, 0.25) is 11.8 Å². The van der Waals surface area contributed by atoms with E-state index in [1.807, 2.05) is 26.0 Å². The molecule has 0 heterocycles. The van der Waals surface area contributed by atoms with Crippen molar-refractivity contribution in [3.05, 3.63) is 74.8 Å². The Balaban J connectivity index is 2.06. The molecule has 7 nitrogen and oxygen atoms in total. The summed E-state index contributed by atoms with van der Waals surface area (Å²) in [6.45, 7) is 5.90. The Hall–Kier alpha value is -2.58. The van der Waals surface area contributed by atoms with Crippen LogP contribution in [0.4, 0.5) is 5.69 Å². The van der Waals surface area contributed by atoms with Gasteiger partial charge in [0, 0.05) is 35.5 Å². The van der Waals surface area contributed by atoms with E-state index in [4.69, 9.17) is 11.6 Å². The van der Waals surface area contributed by atoms with Crippen LogP contribution >= 0.6 is 23.4 Å². The Morgan fingerprint density at radius 1 is 1.16 bits per heavy atom. The van der Waals surface area contributed by atoms with Gasteiger partial charge in [0.05, 0.1) is 10.7 Å². The molecule has 1 N–H and O–H groups in total. The molecule has 2 aromatic carbocycles. The van der Waals surface area contributed by atoms with E-state index >= 15 is 0 Å². The number of halogens is 1. The third-order valence-electron chi connectivity index (χ3n) is 5.05. The first kappa shape index (κ1) is 25.7. The molecule has 2 rings (SSSR count). The normalized spacial score (nSPS) is 12.6. The van der Waals surface area contributed by atoms with Gasteiger partial charge < -0.3 is 10.2 Å². The standard InChI is InChI=1S/C23H28ClN3O4S/c1-4-16(2)25-23(29)17(3)26(13-19-6-5-7-20(24)12-19)22(28)15-32-14-18-8-10-21(11-9-18)27(30)31/h5-12,16-17H,4,13-15H2,1-3H3,(H,25,29)/t16-,17-/m1/s1.